The standard InChI is InChI=1S/C19H23Cl2N5O/c1-23-13-15(11-22-23)26-6-5-17(19(26)27)25-9-7-24(8-10-25)12-14-3-2-4-16(20)18(14)21/h2-4,11,13,17H,5-10,12H2,1H3. The van der Waals surface area contributed by atoms with Gasteiger partial charge in [-0.05, 0) is 18.1 Å². The number of hydrogen-bond acceptors (Lipinski definition) is 4. The number of carbonyl (C=O) groups is 1. The second kappa shape index (κ2) is 7.80. The number of amides is 1. The van der Waals surface area contributed by atoms with E-state index in [1.54, 1.807) is 10.9 Å². The Labute approximate surface area is 169 Å². The van der Waals surface area contributed by atoms with Gasteiger partial charge in [0.2, 0.25) is 5.91 Å². The van der Waals surface area contributed by atoms with E-state index in [-0.39, 0.29) is 11.9 Å². The number of aromatic nitrogens is 2. The van der Waals surface area contributed by atoms with E-state index >= 15 is 0 Å². The minimum absolute atomic E-state index is 0.0258. The summed E-state index contributed by atoms with van der Waals surface area (Å²) in [6.07, 6.45) is 4.52. The number of aryl methyl sites for hydroxylation is 1. The number of halogens is 2. The van der Waals surface area contributed by atoms with Gasteiger partial charge in [0, 0.05) is 52.5 Å². The first kappa shape index (κ1) is 18.7. The summed E-state index contributed by atoms with van der Waals surface area (Å²) in [5.41, 5.74) is 1.94. The summed E-state index contributed by atoms with van der Waals surface area (Å²) >= 11 is 12.4. The molecule has 0 saturated carbocycles. The summed E-state index contributed by atoms with van der Waals surface area (Å²) in [5, 5.41) is 5.41. The first-order valence-corrected chi connectivity index (χ1v) is 9.98. The van der Waals surface area contributed by atoms with Gasteiger partial charge in [0.1, 0.15) is 0 Å². The van der Waals surface area contributed by atoms with Crippen LogP contribution in [0.4, 0.5) is 5.69 Å². The van der Waals surface area contributed by atoms with Crippen molar-refractivity contribution in [1.82, 2.24) is 19.6 Å². The van der Waals surface area contributed by atoms with Crippen LogP contribution in [0.1, 0.15) is 12.0 Å². The molecule has 4 rings (SSSR count). The van der Waals surface area contributed by atoms with Crippen LogP contribution in [0.2, 0.25) is 10.0 Å². The van der Waals surface area contributed by atoms with Crippen LogP contribution in [-0.2, 0) is 18.4 Å². The molecule has 0 bridgehead atoms. The topological polar surface area (TPSA) is 44.6 Å². The average Bonchev–Trinajstić information content (AvgIpc) is 3.25. The smallest absolute Gasteiger partial charge is 0.244 e. The van der Waals surface area contributed by atoms with Crippen molar-refractivity contribution in [1.29, 1.82) is 0 Å². The van der Waals surface area contributed by atoms with Crippen LogP contribution in [0.15, 0.2) is 30.6 Å². The van der Waals surface area contributed by atoms with E-state index < -0.39 is 0 Å². The molecule has 2 saturated heterocycles. The Morgan fingerprint density at radius 2 is 1.93 bits per heavy atom. The maximum Gasteiger partial charge on any atom is 0.244 e. The lowest BCUT2D eigenvalue weighted by atomic mass is 10.1. The van der Waals surface area contributed by atoms with Crippen LogP contribution < -0.4 is 4.90 Å². The zero-order chi connectivity index (χ0) is 19.0. The Kier molecular flexibility index (Phi) is 5.41. The van der Waals surface area contributed by atoms with Crippen LogP contribution in [0.5, 0.6) is 0 Å². The second-order valence-electron chi connectivity index (χ2n) is 7.19. The van der Waals surface area contributed by atoms with Crippen LogP contribution >= 0.6 is 23.2 Å². The summed E-state index contributed by atoms with van der Waals surface area (Å²) in [5.74, 6) is 0.189. The van der Waals surface area contributed by atoms with Crippen LogP contribution in [-0.4, -0.2) is 64.3 Å². The maximum absolute atomic E-state index is 12.9. The third-order valence-corrected chi connectivity index (χ3v) is 6.31. The highest BCUT2D eigenvalue weighted by molar-refractivity contribution is 6.42. The molecule has 0 spiro atoms. The number of benzene rings is 1. The molecule has 27 heavy (non-hydrogen) atoms. The highest BCUT2D eigenvalue weighted by atomic mass is 35.5. The fourth-order valence-corrected chi connectivity index (χ4v) is 4.33. The third kappa shape index (κ3) is 3.85. The molecule has 6 nitrogen and oxygen atoms in total. The molecule has 0 N–H and O–H groups in total. The molecule has 1 atom stereocenters. The highest BCUT2D eigenvalue weighted by Gasteiger charge is 2.38. The molecule has 2 aliphatic rings. The van der Waals surface area contributed by atoms with E-state index in [0.29, 0.717) is 10.0 Å². The Bertz CT molecular complexity index is 831. The van der Waals surface area contributed by atoms with Crippen molar-refractivity contribution in [2.75, 3.05) is 37.6 Å². The van der Waals surface area contributed by atoms with Gasteiger partial charge >= 0.3 is 0 Å². The molecule has 144 valence electrons. The van der Waals surface area contributed by atoms with Gasteiger partial charge in [-0.1, -0.05) is 35.3 Å². The van der Waals surface area contributed by atoms with Gasteiger partial charge in [-0.15, -0.1) is 0 Å². The zero-order valence-electron chi connectivity index (χ0n) is 15.3. The van der Waals surface area contributed by atoms with Crippen LogP contribution in [0.3, 0.4) is 0 Å². The Morgan fingerprint density at radius 1 is 1.15 bits per heavy atom. The molecular formula is C19H23Cl2N5O. The summed E-state index contributed by atoms with van der Waals surface area (Å²) in [6, 6.07) is 5.74. The molecule has 0 aliphatic carbocycles. The van der Waals surface area contributed by atoms with Crippen molar-refractivity contribution in [2.24, 2.45) is 7.05 Å². The molecule has 3 heterocycles. The monoisotopic (exact) mass is 407 g/mol. The van der Waals surface area contributed by atoms with E-state index in [1.165, 1.54) is 0 Å². The molecule has 2 fully saturated rings. The average molecular weight is 408 g/mol. The van der Waals surface area contributed by atoms with Gasteiger partial charge in [-0.25, -0.2) is 0 Å². The van der Waals surface area contributed by atoms with Crippen molar-refractivity contribution in [3.05, 3.63) is 46.2 Å². The lowest BCUT2D eigenvalue weighted by molar-refractivity contribution is -0.122. The van der Waals surface area contributed by atoms with E-state index in [0.717, 1.165) is 56.9 Å². The molecule has 1 unspecified atom stereocenters. The lowest BCUT2D eigenvalue weighted by Gasteiger charge is -2.37. The van der Waals surface area contributed by atoms with Crippen LogP contribution in [0, 0.1) is 0 Å². The zero-order valence-corrected chi connectivity index (χ0v) is 16.8. The number of carbonyl (C=O) groups excluding carboxylic acids is 1. The summed E-state index contributed by atoms with van der Waals surface area (Å²) < 4.78 is 1.73. The van der Waals surface area contributed by atoms with Gasteiger partial charge in [-0.2, -0.15) is 5.10 Å². The Hall–Kier alpha value is -1.60. The van der Waals surface area contributed by atoms with Gasteiger partial charge in [0.15, 0.2) is 0 Å². The molecule has 0 radical (unpaired) electrons. The normalized spacial score (nSPS) is 22.0. The second-order valence-corrected chi connectivity index (χ2v) is 7.98. The minimum atomic E-state index is -0.0258. The quantitative estimate of drug-likeness (QED) is 0.781. The van der Waals surface area contributed by atoms with Crippen molar-refractivity contribution in [2.45, 2.75) is 19.0 Å². The van der Waals surface area contributed by atoms with E-state index in [1.807, 2.05) is 36.3 Å². The van der Waals surface area contributed by atoms with Crippen molar-refractivity contribution in [3.8, 4) is 0 Å². The van der Waals surface area contributed by atoms with Crippen molar-refractivity contribution >= 4 is 34.8 Å². The fourth-order valence-electron chi connectivity index (χ4n) is 3.95. The Morgan fingerprint density at radius 3 is 2.63 bits per heavy atom. The Balaban J connectivity index is 1.34. The molecule has 1 aromatic heterocycles. The van der Waals surface area contributed by atoms with E-state index in [9.17, 15) is 4.79 Å². The summed E-state index contributed by atoms with van der Waals surface area (Å²) in [7, 11) is 1.87. The highest BCUT2D eigenvalue weighted by Crippen LogP contribution is 2.28. The molecular weight excluding hydrogens is 385 g/mol. The minimum Gasteiger partial charge on any atom is -0.308 e. The maximum atomic E-state index is 12.9. The summed E-state index contributed by atoms with van der Waals surface area (Å²) in [6.45, 7) is 5.14. The van der Waals surface area contributed by atoms with Crippen LogP contribution in [0.25, 0.3) is 0 Å². The predicted octanol–water partition coefficient (Wildman–Crippen LogP) is 2.65. The van der Waals surface area contributed by atoms with E-state index in [4.69, 9.17) is 23.2 Å². The first-order chi connectivity index (χ1) is 13.0. The molecule has 1 aromatic carbocycles. The number of rotatable bonds is 4. The molecule has 2 aromatic rings. The molecule has 8 heteroatoms. The largest absolute Gasteiger partial charge is 0.308 e. The molecule has 2 aliphatic heterocycles. The number of nitrogens with zero attached hydrogens (tertiary/aromatic N) is 5. The first-order valence-electron chi connectivity index (χ1n) is 9.22. The number of hydrogen-bond donors (Lipinski definition) is 0. The van der Waals surface area contributed by atoms with Gasteiger partial charge in [0.05, 0.1) is 28.0 Å². The molecule has 1 amide bonds. The van der Waals surface area contributed by atoms with Gasteiger partial charge in [0.25, 0.3) is 0 Å². The van der Waals surface area contributed by atoms with Gasteiger partial charge in [-0.3, -0.25) is 19.3 Å². The summed E-state index contributed by atoms with van der Waals surface area (Å²) in [4.78, 5) is 19.4. The number of anilines is 1. The predicted molar refractivity (Wildman–Crippen MR) is 107 cm³/mol. The van der Waals surface area contributed by atoms with Gasteiger partial charge < -0.3 is 4.90 Å². The van der Waals surface area contributed by atoms with Crippen molar-refractivity contribution in [3.63, 3.8) is 0 Å². The number of piperazine rings is 1. The third-order valence-electron chi connectivity index (χ3n) is 5.45. The van der Waals surface area contributed by atoms with Crippen molar-refractivity contribution < 1.29 is 4.79 Å². The SMILES string of the molecule is Cn1cc(N2CCC(N3CCN(Cc4cccc(Cl)c4Cl)CC3)C2=O)cn1. The lowest BCUT2D eigenvalue weighted by Crippen LogP contribution is -2.52. The fraction of sp³-hybridized carbons (Fsp3) is 0.474. The van der Waals surface area contributed by atoms with E-state index in [2.05, 4.69) is 14.9 Å².